The molecule has 0 unspecified atom stereocenters. The van der Waals surface area contributed by atoms with Gasteiger partial charge in [-0.2, -0.15) is 5.10 Å². The van der Waals surface area contributed by atoms with E-state index in [-0.39, 0.29) is 11.4 Å². The Balaban J connectivity index is 2.60. The summed E-state index contributed by atoms with van der Waals surface area (Å²) in [7, 11) is 0. The van der Waals surface area contributed by atoms with Crippen LogP contribution in [0, 0.1) is 6.92 Å². The lowest BCUT2D eigenvalue weighted by Crippen LogP contribution is -2.13. The normalized spacial score (nSPS) is 10.4. The third-order valence-corrected chi connectivity index (χ3v) is 2.58. The minimum absolute atomic E-state index is 0.168. The first-order chi connectivity index (χ1) is 8.00. The predicted octanol–water partition coefficient (Wildman–Crippen LogP) is 0.648. The largest absolute Gasteiger partial charge is 0.399 e. The molecule has 17 heavy (non-hydrogen) atoms. The number of amides is 1. The maximum Gasteiger partial charge on any atom is 0.254 e. The van der Waals surface area contributed by atoms with E-state index in [2.05, 4.69) is 10.2 Å². The van der Waals surface area contributed by atoms with Gasteiger partial charge in [-0.15, -0.1) is 0 Å². The predicted molar refractivity (Wildman–Crippen MR) is 66.1 cm³/mol. The Bertz CT molecular complexity index is 588. The standard InChI is InChI=1S/C11H13N5O/c1-5-4-6(2-3-7(5)12)9-8(11(14)17)10(13)16-15-9/h2-4H,12H2,1H3,(H2,14,17)(H3,13,15,16). The molecule has 7 N–H and O–H groups in total. The van der Waals surface area contributed by atoms with Crippen molar-refractivity contribution in [1.29, 1.82) is 0 Å². The van der Waals surface area contributed by atoms with Crippen molar-refractivity contribution in [2.24, 2.45) is 5.73 Å². The van der Waals surface area contributed by atoms with Gasteiger partial charge in [-0.05, 0) is 24.6 Å². The van der Waals surface area contributed by atoms with Gasteiger partial charge < -0.3 is 17.2 Å². The van der Waals surface area contributed by atoms with Crippen LogP contribution in [-0.2, 0) is 0 Å². The Morgan fingerprint density at radius 1 is 1.35 bits per heavy atom. The number of nitrogens with zero attached hydrogens (tertiary/aromatic N) is 1. The maximum absolute atomic E-state index is 11.3. The van der Waals surface area contributed by atoms with Crippen molar-refractivity contribution in [1.82, 2.24) is 10.2 Å². The van der Waals surface area contributed by atoms with Gasteiger partial charge in [0.15, 0.2) is 0 Å². The second-order valence-electron chi connectivity index (χ2n) is 3.80. The first kappa shape index (κ1) is 11.0. The first-order valence-electron chi connectivity index (χ1n) is 5.01. The third-order valence-electron chi connectivity index (χ3n) is 2.58. The van der Waals surface area contributed by atoms with Crippen LogP contribution in [-0.4, -0.2) is 16.1 Å². The van der Waals surface area contributed by atoms with Gasteiger partial charge in [0.1, 0.15) is 17.1 Å². The summed E-state index contributed by atoms with van der Waals surface area (Å²) < 4.78 is 0. The van der Waals surface area contributed by atoms with Gasteiger partial charge in [0.2, 0.25) is 0 Å². The van der Waals surface area contributed by atoms with Gasteiger partial charge in [-0.25, -0.2) is 0 Å². The molecule has 1 amide bonds. The molecule has 2 rings (SSSR count). The van der Waals surface area contributed by atoms with E-state index < -0.39 is 5.91 Å². The quantitative estimate of drug-likeness (QED) is 0.566. The monoisotopic (exact) mass is 231 g/mol. The molecule has 88 valence electrons. The number of rotatable bonds is 2. The number of aromatic amines is 1. The second kappa shape index (κ2) is 3.82. The highest BCUT2D eigenvalue weighted by Crippen LogP contribution is 2.27. The van der Waals surface area contributed by atoms with Gasteiger partial charge in [-0.3, -0.25) is 9.89 Å². The molecule has 0 aliphatic heterocycles. The van der Waals surface area contributed by atoms with E-state index in [9.17, 15) is 4.79 Å². The number of carbonyl (C=O) groups is 1. The molecule has 0 saturated heterocycles. The molecule has 0 atom stereocenters. The number of carbonyl (C=O) groups excluding carboxylic acids is 1. The Kier molecular flexibility index (Phi) is 2.47. The highest BCUT2D eigenvalue weighted by molar-refractivity contribution is 6.03. The van der Waals surface area contributed by atoms with E-state index in [0.29, 0.717) is 11.4 Å². The molecule has 1 aromatic carbocycles. The molecule has 6 nitrogen and oxygen atoms in total. The van der Waals surface area contributed by atoms with Crippen molar-refractivity contribution in [3.05, 3.63) is 29.3 Å². The molecule has 6 heteroatoms. The zero-order valence-electron chi connectivity index (χ0n) is 9.32. The number of nitrogens with one attached hydrogen (secondary N) is 1. The Morgan fingerprint density at radius 2 is 2.06 bits per heavy atom. The van der Waals surface area contributed by atoms with Crippen molar-refractivity contribution in [2.75, 3.05) is 11.5 Å². The molecular formula is C11H13N5O. The number of nitrogens with two attached hydrogens (primary N) is 3. The van der Waals surface area contributed by atoms with Crippen molar-refractivity contribution >= 4 is 17.4 Å². The minimum atomic E-state index is -0.610. The fourth-order valence-corrected chi connectivity index (χ4v) is 1.64. The molecule has 0 saturated carbocycles. The summed E-state index contributed by atoms with van der Waals surface area (Å²) in [5.74, 6) is -0.442. The van der Waals surface area contributed by atoms with Crippen LogP contribution in [0.4, 0.5) is 11.5 Å². The van der Waals surface area contributed by atoms with E-state index in [1.807, 2.05) is 13.0 Å². The Labute approximate surface area is 97.8 Å². The van der Waals surface area contributed by atoms with Gasteiger partial charge in [0, 0.05) is 11.3 Å². The van der Waals surface area contributed by atoms with Crippen LogP contribution in [0.5, 0.6) is 0 Å². The maximum atomic E-state index is 11.3. The molecule has 0 aliphatic rings. The van der Waals surface area contributed by atoms with Gasteiger partial charge in [-0.1, -0.05) is 6.07 Å². The lowest BCUT2D eigenvalue weighted by molar-refractivity contribution is 0.100. The second-order valence-corrected chi connectivity index (χ2v) is 3.80. The van der Waals surface area contributed by atoms with Crippen LogP contribution in [0.2, 0.25) is 0 Å². The molecule has 1 heterocycles. The molecular weight excluding hydrogens is 218 g/mol. The zero-order valence-corrected chi connectivity index (χ0v) is 9.32. The summed E-state index contributed by atoms with van der Waals surface area (Å²) in [6, 6.07) is 5.35. The molecule has 0 spiro atoms. The highest BCUT2D eigenvalue weighted by atomic mass is 16.1. The average Bonchev–Trinajstić information content (AvgIpc) is 2.64. The number of nitrogen functional groups attached to an aromatic ring is 2. The van der Waals surface area contributed by atoms with Crippen LogP contribution in [0.25, 0.3) is 11.3 Å². The molecule has 0 fully saturated rings. The lowest BCUT2D eigenvalue weighted by Gasteiger charge is -2.04. The molecule has 1 aromatic heterocycles. The summed E-state index contributed by atoms with van der Waals surface area (Å²) in [5.41, 5.74) is 19.6. The molecule has 2 aromatic rings. The molecule has 0 bridgehead atoms. The van der Waals surface area contributed by atoms with E-state index >= 15 is 0 Å². The lowest BCUT2D eigenvalue weighted by atomic mass is 10.0. The zero-order chi connectivity index (χ0) is 12.6. The van der Waals surface area contributed by atoms with Crippen LogP contribution in [0.1, 0.15) is 15.9 Å². The van der Waals surface area contributed by atoms with Gasteiger partial charge in [0.05, 0.1) is 0 Å². The number of primary amides is 1. The van der Waals surface area contributed by atoms with E-state index in [1.165, 1.54) is 0 Å². The van der Waals surface area contributed by atoms with Crippen LogP contribution >= 0.6 is 0 Å². The smallest absolute Gasteiger partial charge is 0.254 e. The topological polar surface area (TPSA) is 124 Å². The van der Waals surface area contributed by atoms with E-state index in [4.69, 9.17) is 17.2 Å². The summed E-state index contributed by atoms with van der Waals surface area (Å²) >= 11 is 0. The number of hydrogen-bond acceptors (Lipinski definition) is 4. The fraction of sp³-hybridized carbons (Fsp3) is 0.0909. The van der Waals surface area contributed by atoms with Crippen molar-refractivity contribution in [3.63, 3.8) is 0 Å². The third kappa shape index (κ3) is 1.80. The van der Waals surface area contributed by atoms with Crippen LogP contribution in [0.3, 0.4) is 0 Å². The van der Waals surface area contributed by atoms with Gasteiger partial charge >= 0.3 is 0 Å². The number of benzene rings is 1. The summed E-state index contributed by atoms with van der Waals surface area (Å²) in [4.78, 5) is 11.3. The SMILES string of the molecule is Cc1cc(-c2n[nH]c(N)c2C(N)=O)ccc1N. The highest BCUT2D eigenvalue weighted by Gasteiger charge is 2.17. The number of hydrogen-bond donors (Lipinski definition) is 4. The summed E-state index contributed by atoms with van der Waals surface area (Å²) in [6.07, 6.45) is 0. The fourth-order valence-electron chi connectivity index (χ4n) is 1.64. The van der Waals surface area contributed by atoms with Crippen LogP contribution < -0.4 is 17.2 Å². The molecule has 0 aliphatic carbocycles. The summed E-state index contributed by atoms with van der Waals surface area (Å²) in [5, 5.41) is 6.53. The number of aromatic nitrogens is 2. The average molecular weight is 231 g/mol. The van der Waals surface area contributed by atoms with Gasteiger partial charge in [0.25, 0.3) is 5.91 Å². The minimum Gasteiger partial charge on any atom is -0.399 e. The van der Waals surface area contributed by atoms with Crippen LogP contribution in [0.15, 0.2) is 18.2 Å². The van der Waals surface area contributed by atoms with Crippen molar-refractivity contribution in [3.8, 4) is 11.3 Å². The Morgan fingerprint density at radius 3 is 2.65 bits per heavy atom. The number of aryl methyl sites for hydroxylation is 1. The summed E-state index contributed by atoms with van der Waals surface area (Å²) in [6.45, 7) is 1.87. The first-order valence-corrected chi connectivity index (χ1v) is 5.01. The number of anilines is 2. The Hall–Kier alpha value is -2.50. The number of H-pyrrole nitrogens is 1. The van der Waals surface area contributed by atoms with Crippen molar-refractivity contribution in [2.45, 2.75) is 6.92 Å². The molecule has 0 radical (unpaired) electrons. The van der Waals surface area contributed by atoms with E-state index in [1.54, 1.807) is 12.1 Å². The van der Waals surface area contributed by atoms with E-state index in [0.717, 1.165) is 11.1 Å². The van der Waals surface area contributed by atoms with Crippen molar-refractivity contribution < 1.29 is 4.79 Å².